The Hall–Kier alpha value is -3.23. The number of nitrogens with zero attached hydrogens (tertiary/aromatic N) is 3. The van der Waals surface area contributed by atoms with E-state index in [9.17, 15) is 22.4 Å². The average molecular weight is 393 g/mol. The van der Waals surface area contributed by atoms with Gasteiger partial charge in [0.2, 0.25) is 0 Å². The molecule has 0 atom stereocenters. The van der Waals surface area contributed by atoms with Crippen molar-refractivity contribution < 1.29 is 26.9 Å². The van der Waals surface area contributed by atoms with Crippen LogP contribution in [0.15, 0.2) is 53.1 Å². The van der Waals surface area contributed by atoms with Crippen molar-refractivity contribution in [3.63, 3.8) is 0 Å². The summed E-state index contributed by atoms with van der Waals surface area (Å²) in [4.78, 5) is 17.2. The lowest BCUT2D eigenvalue weighted by Crippen LogP contribution is -2.26. The number of rotatable bonds is 5. The van der Waals surface area contributed by atoms with E-state index in [0.29, 0.717) is 16.7 Å². The third-order valence-electron chi connectivity index (χ3n) is 3.93. The van der Waals surface area contributed by atoms with Crippen LogP contribution in [0.1, 0.15) is 33.2 Å². The molecule has 0 aliphatic heterocycles. The maximum Gasteiger partial charge on any atom is 0.471 e. The van der Waals surface area contributed by atoms with E-state index in [1.807, 2.05) is 0 Å². The highest BCUT2D eigenvalue weighted by Crippen LogP contribution is 2.27. The fourth-order valence-electron chi connectivity index (χ4n) is 2.59. The topological polar surface area (TPSA) is 59.2 Å². The molecule has 0 aliphatic rings. The Morgan fingerprint density at radius 1 is 1.11 bits per heavy atom. The molecule has 9 heteroatoms. The summed E-state index contributed by atoms with van der Waals surface area (Å²) in [7, 11) is 1.60. The van der Waals surface area contributed by atoms with Crippen LogP contribution in [0.4, 0.5) is 17.6 Å². The quantitative estimate of drug-likeness (QED) is 0.613. The van der Waals surface area contributed by atoms with E-state index < -0.39 is 12.1 Å². The van der Waals surface area contributed by atoms with E-state index in [0.717, 1.165) is 0 Å². The molecule has 1 aromatic heterocycles. The van der Waals surface area contributed by atoms with Gasteiger partial charge in [-0.3, -0.25) is 4.79 Å². The SMILES string of the molecule is CN(Cc1cccc(F)c1)C(=O)c1ccc(Cc2noc(C(F)(F)F)n2)cc1. The molecule has 0 saturated heterocycles. The Morgan fingerprint density at radius 2 is 1.82 bits per heavy atom. The van der Waals surface area contributed by atoms with E-state index in [1.165, 1.54) is 17.0 Å². The molecule has 5 nitrogen and oxygen atoms in total. The van der Waals surface area contributed by atoms with Gasteiger partial charge in [-0.2, -0.15) is 18.2 Å². The lowest BCUT2D eigenvalue weighted by molar-refractivity contribution is -0.159. The number of hydrogen-bond donors (Lipinski definition) is 0. The second-order valence-corrected chi connectivity index (χ2v) is 6.18. The van der Waals surface area contributed by atoms with E-state index >= 15 is 0 Å². The molecule has 0 saturated carbocycles. The summed E-state index contributed by atoms with van der Waals surface area (Å²) in [6, 6.07) is 12.3. The minimum absolute atomic E-state index is 0.0349. The predicted octanol–water partition coefficient (Wildman–Crippen LogP) is 4.09. The van der Waals surface area contributed by atoms with Crippen molar-refractivity contribution in [2.24, 2.45) is 0 Å². The van der Waals surface area contributed by atoms with E-state index in [4.69, 9.17) is 0 Å². The molecule has 0 radical (unpaired) electrons. The van der Waals surface area contributed by atoms with Gasteiger partial charge in [0.1, 0.15) is 5.82 Å². The monoisotopic (exact) mass is 393 g/mol. The Balaban J connectivity index is 1.64. The zero-order valence-corrected chi connectivity index (χ0v) is 14.7. The Kier molecular flexibility index (Phi) is 5.43. The number of amides is 1. The largest absolute Gasteiger partial charge is 0.471 e. The maximum absolute atomic E-state index is 13.2. The first-order chi connectivity index (χ1) is 13.2. The van der Waals surface area contributed by atoms with Crippen molar-refractivity contribution in [1.82, 2.24) is 15.0 Å². The van der Waals surface area contributed by atoms with Crippen LogP contribution in [0.3, 0.4) is 0 Å². The van der Waals surface area contributed by atoms with Gasteiger partial charge in [0, 0.05) is 25.6 Å². The molecule has 0 fully saturated rings. The number of halogens is 4. The van der Waals surface area contributed by atoms with Gasteiger partial charge in [-0.25, -0.2) is 4.39 Å². The zero-order chi connectivity index (χ0) is 20.3. The van der Waals surface area contributed by atoms with Crippen molar-refractivity contribution >= 4 is 5.91 Å². The van der Waals surface area contributed by atoms with Crippen LogP contribution in [0.5, 0.6) is 0 Å². The molecular formula is C19H15F4N3O2. The second-order valence-electron chi connectivity index (χ2n) is 6.18. The molecule has 0 spiro atoms. The van der Waals surface area contributed by atoms with Gasteiger partial charge >= 0.3 is 12.1 Å². The maximum atomic E-state index is 13.2. The average Bonchev–Trinajstić information content (AvgIpc) is 3.11. The lowest BCUT2D eigenvalue weighted by Gasteiger charge is -2.17. The van der Waals surface area contributed by atoms with Crippen LogP contribution in [-0.4, -0.2) is 28.0 Å². The van der Waals surface area contributed by atoms with Gasteiger partial charge in [-0.05, 0) is 35.4 Å². The van der Waals surface area contributed by atoms with Crippen LogP contribution >= 0.6 is 0 Å². The molecule has 0 aliphatic carbocycles. The summed E-state index contributed by atoms with van der Waals surface area (Å²) in [5, 5.41) is 3.31. The van der Waals surface area contributed by atoms with Gasteiger partial charge in [0.05, 0.1) is 0 Å². The van der Waals surface area contributed by atoms with E-state index in [2.05, 4.69) is 14.7 Å². The fraction of sp³-hybridized carbons (Fsp3) is 0.211. The van der Waals surface area contributed by atoms with Crippen molar-refractivity contribution in [3.8, 4) is 0 Å². The molecule has 28 heavy (non-hydrogen) atoms. The summed E-state index contributed by atoms with van der Waals surface area (Å²) < 4.78 is 54.9. The van der Waals surface area contributed by atoms with Gasteiger partial charge in [-0.15, -0.1) is 0 Å². The number of carbonyl (C=O) groups is 1. The highest BCUT2D eigenvalue weighted by molar-refractivity contribution is 5.94. The van der Waals surface area contributed by atoms with Crippen LogP contribution in [-0.2, 0) is 19.1 Å². The molecular weight excluding hydrogens is 378 g/mol. The standard InChI is InChI=1S/C19H15F4N3O2/c1-26(11-13-3-2-4-15(20)9-13)17(27)14-7-5-12(6-8-14)10-16-24-18(28-25-16)19(21,22)23/h2-9H,10-11H2,1H3. The van der Waals surface area contributed by atoms with Crippen molar-refractivity contribution in [3.05, 3.63) is 82.8 Å². The predicted molar refractivity (Wildman–Crippen MR) is 90.7 cm³/mol. The Bertz CT molecular complexity index is 968. The highest BCUT2D eigenvalue weighted by Gasteiger charge is 2.38. The smallest absolute Gasteiger partial charge is 0.337 e. The molecule has 2 aromatic carbocycles. The number of aromatic nitrogens is 2. The minimum Gasteiger partial charge on any atom is -0.337 e. The molecule has 146 valence electrons. The molecule has 3 rings (SSSR count). The highest BCUT2D eigenvalue weighted by atomic mass is 19.4. The zero-order valence-electron chi connectivity index (χ0n) is 14.7. The van der Waals surface area contributed by atoms with E-state index in [1.54, 1.807) is 43.4 Å². The first-order valence-corrected chi connectivity index (χ1v) is 8.21. The summed E-state index contributed by atoms with van der Waals surface area (Å²) >= 11 is 0. The molecule has 1 heterocycles. The van der Waals surface area contributed by atoms with Crippen LogP contribution in [0, 0.1) is 5.82 Å². The lowest BCUT2D eigenvalue weighted by atomic mass is 10.1. The Labute approximate surface area is 157 Å². The van der Waals surface area contributed by atoms with Crippen molar-refractivity contribution in [1.29, 1.82) is 0 Å². The molecule has 0 N–H and O–H groups in total. The van der Waals surface area contributed by atoms with Crippen LogP contribution < -0.4 is 0 Å². The number of hydrogen-bond acceptors (Lipinski definition) is 4. The second kappa shape index (κ2) is 7.79. The fourth-order valence-corrected chi connectivity index (χ4v) is 2.59. The molecule has 1 amide bonds. The van der Waals surface area contributed by atoms with E-state index in [-0.39, 0.29) is 30.5 Å². The molecule has 3 aromatic rings. The minimum atomic E-state index is -4.69. The normalized spacial score (nSPS) is 11.5. The van der Waals surface area contributed by atoms with Gasteiger partial charge in [-0.1, -0.05) is 29.4 Å². The van der Waals surface area contributed by atoms with Gasteiger partial charge in [0.25, 0.3) is 5.91 Å². The van der Waals surface area contributed by atoms with Crippen LogP contribution in [0.2, 0.25) is 0 Å². The van der Waals surface area contributed by atoms with Crippen molar-refractivity contribution in [2.75, 3.05) is 7.05 Å². The van der Waals surface area contributed by atoms with Crippen molar-refractivity contribution in [2.45, 2.75) is 19.1 Å². The summed E-state index contributed by atoms with van der Waals surface area (Å²) in [5.74, 6) is -2.14. The number of carbonyl (C=O) groups excluding carboxylic acids is 1. The first kappa shape index (κ1) is 19.5. The summed E-state index contributed by atoms with van der Waals surface area (Å²) in [5.41, 5.74) is 1.68. The number of alkyl halides is 3. The molecule has 0 bridgehead atoms. The van der Waals surface area contributed by atoms with Gasteiger partial charge < -0.3 is 9.42 Å². The summed E-state index contributed by atoms with van der Waals surface area (Å²) in [6.07, 6.45) is -4.65. The number of benzene rings is 2. The van der Waals surface area contributed by atoms with Crippen LogP contribution in [0.25, 0.3) is 0 Å². The van der Waals surface area contributed by atoms with Gasteiger partial charge in [0.15, 0.2) is 5.82 Å². The Morgan fingerprint density at radius 3 is 2.43 bits per heavy atom. The molecule has 0 unspecified atom stereocenters. The first-order valence-electron chi connectivity index (χ1n) is 8.21. The summed E-state index contributed by atoms with van der Waals surface area (Å²) in [6.45, 7) is 0.238. The third-order valence-corrected chi connectivity index (χ3v) is 3.93. The third kappa shape index (κ3) is 4.73.